The fraction of sp³-hybridized carbons (Fsp3) is 0.579. The SMILES string of the molecule is COC(=O)C1CCc2[nH]c3ncc(F)c(C4CCNCC4)c3c2CC1.Cl. The molecular weight excluding hydrogens is 357 g/mol. The number of carbonyl (C=O) groups excluding carboxylic acids is 1. The highest BCUT2D eigenvalue weighted by molar-refractivity contribution is 5.86. The van der Waals surface area contributed by atoms with Crippen LogP contribution in [0.15, 0.2) is 6.20 Å². The van der Waals surface area contributed by atoms with Gasteiger partial charge >= 0.3 is 5.97 Å². The zero-order chi connectivity index (χ0) is 17.4. The van der Waals surface area contributed by atoms with Crippen molar-refractivity contribution in [2.45, 2.75) is 44.4 Å². The van der Waals surface area contributed by atoms with Gasteiger partial charge < -0.3 is 15.0 Å². The Labute approximate surface area is 158 Å². The van der Waals surface area contributed by atoms with Gasteiger partial charge in [0.2, 0.25) is 0 Å². The number of aryl methyl sites for hydroxylation is 2. The first kappa shape index (κ1) is 19.1. The molecule has 1 unspecified atom stereocenters. The van der Waals surface area contributed by atoms with Gasteiger partial charge in [-0.3, -0.25) is 4.79 Å². The lowest BCUT2D eigenvalue weighted by atomic mass is 9.87. The number of halogens is 2. The highest BCUT2D eigenvalue weighted by Gasteiger charge is 2.29. The Morgan fingerprint density at radius 3 is 2.69 bits per heavy atom. The zero-order valence-electron chi connectivity index (χ0n) is 14.9. The molecule has 2 aliphatic rings. The number of aromatic nitrogens is 2. The number of methoxy groups -OCH3 is 1. The second-order valence-electron chi connectivity index (χ2n) is 7.15. The van der Waals surface area contributed by atoms with Crippen LogP contribution in [-0.4, -0.2) is 36.1 Å². The summed E-state index contributed by atoms with van der Waals surface area (Å²) in [7, 11) is 1.44. The summed E-state index contributed by atoms with van der Waals surface area (Å²) >= 11 is 0. The Morgan fingerprint density at radius 2 is 1.96 bits per heavy atom. The van der Waals surface area contributed by atoms with Gasteiger partial charge in [0, 0.05) is 16.6 Å². The average Bonchev–Trinajstić information content (AvgIpc) is 2.86. The third-order valence-corrected chi connectivity index (χ3v) is 5.77. The van der Waals surface area contributed by atoms with Crippen molar-refractivity contribution >= 4 is 29.4 Å². The lowest BCUT2D eigenvalue weighted by molar-refractivity contribution is -0.145. The molecule has 0 spiro atoms. The standard InChI is InChI=1S/C19H24FN3O2.ClH/c1-25-19(24)12-2-4-13-15(5-3-12)23-18-17(13)16(14(20)10-22-18)11-6-8-21-9-7-11;/h10-12,21H,2-9H2,1H3,(H,22,23);1H. The van der Waals surface area contributed by atoms with E-state index in [-0.39, 0.29) is 36.0 Å². The van der Waals surface area contributed by atoms with Crippen LogP contribution in [-0.2, 0) is 22.4 Å². The monoisotopic (exact) mass is 381 g/mol. The van der Waals surface area contributed by atoms with E-state index in [0.717, 1.165) is 79.5 Å². The van der Waals surface area contributed by atoms with Crippen LogP contribution in [0.2, 0.25) is 0 Å². The number of esters is 1. The minimum absolute atomic E-state index is 0. The fourth-order valence-corrected chi connectivity index (χ4v) is 4.45. The summed E-state index contributed by atoms with van der Waals surface area (Å²) in [5.41, 5.74) is 3.87. The van der Waals surface area contributed by atoms with E-state index >= 15 is 0 Å². The van der Waals surface area contributed by atoms with Crippen molar-refractivity contribution in [1.29, 1.82) is 0 Å². The lowest BCUT2D eigenvalue weighted by Gasteiger charge is -2.24. The largest absolute Gasteiger partial charge is 0.469 e. The molecular formula is C19H25ClFN3O2. The quantitative estimate of drug-likeness (QED) is 0.619. The number of carbonyl (C=O) groups is 1. The number of piperidine rings is 1. The number of aromatic amines is 1. The molecule has 2 aromatic rings. The number of hydrogen-bond acceptors (Lipinski definition) is 4. The van der Waals surface area contributed by atoms with Crippen LogP contribution in [0.25, 0.3) is 11.0 Å². The van der Waals surface area contributed by atoms with Crippen molar-refractivity contribution < 1.29 is 13.9 Å². The molecule has 5 nitrogen and oxygen atoms in total. The van der Waals surface area contributed by atoms with Gasteiger partial charge in [0.05, 0.1) is 19.2 Å². The van der Waals surface area contributed by atoms with Crippen LogP contribution < -0.4 is 5.32 Å². The maximum Gasteiger partial charge on any atom is 0.308 e. The van der Waals surface area contributed by atoms with Crippen LogP contribution in [0.5, 0.6) is 0 Å². The Bertz CT molecular complexity index is 802. The predicted molar refractivity (Wildman–Crippen MR) is 100 cm³/mol. The number of H-pyrrole nitrogens is 1. The smallest absolute Gasteiger partial charge is 0.308 e. The normalized spacial score (nSPS) is 20.9. The van der Waals surface area contributed by atoms with Crippen molar-refractivity contribution in [2.24, 2.45) is 5.92 Å². The number of hydrogen-bond donors (Lipinski definition) is 2. The number of ether oxygens (including phenoxy) is 1. The van der Waals surface area contributed by atoms with Gasteiger partial charge in [-0.15, -0.1) is 12.4 Å². The van der Waals surface area contributed by atoms with Gasteiger partial charge in [-0.25, -0.2) is 9.37 Å². The Hall–Kier alpha value is -1.66. The van der Waals surface area contributed by atoms with E-state index in [9.17, 15) is 9.18 Å². The van der Waals surface area contributed by atoms with Crippen LogP contribution in [0.1, 0.15) is 48.4 Å². The molecule has 1 atom stereocenters. The molecule has 0 radical (unpaired) electrons. The molecule has 0 amide bonds. The van der Waals surface area contributed by atoms with Crippen molar-refractivity contribution in [2.75, 3.05) is 20.2 Å². The zero-order valence-corrected chi connectivity index (χ0v) is 15.8. The van der Waals surface area contributed by atoms with Crippen LogP contribution in [0, 0.1) is 11.7 Å². The maximum atomic E-state index is 14.7. The van der Waals surface area contributed by atoms with Crippen molar-refractivity contribution in [3.63, 3.8) is 0 Å². The predicted octanol–water partition coefficient (Wildman–Crippen LogP) is 3.26. The molecule has 2 N–H and O–H groups in total. The van der Waals surface area contributed by atoms with Crippen LogP contribution in [0.4, 0.5) is 4.39 Å². The number of nitrogens with one attached hydrogen (secondary N) is 2. The summed E-state index contributed by atoms with van der Waals surface area (Å²) < 4.78 is 19.7. The Kier molecular flexibility index (Phi) is 5.82. The molecule has 0 bridgehead atoms. The maximum absolute atomic E-state index is 14.7. The Balaban J connectivity index is 0.00000196. The first-order chi connectivity index (χ1) is 12.2. The molecule has 2 aromatic heterocycles. The van der Waals surface area contributed by atoms with Crippen LogP contribution in [0.3, 0.4) is 0 Å². The minimum atomic E-state index is -0.199. The molecule has 1 fully saturated rings. The molecule has 1 aliphatic carbocycles. The van der Waals surface area contributed by atoms with Gasteiger partial charge in [0.1, 0.15) is 11.5 Å². The van der Waals surface area contributed by atoms with Gasteiger partial charge in [-0.2, -0.15) is 0 Å². The number of nitrogens with zero attached hydrogens (tertiary/aromatic N) is 1. The molecule has 7 heteroatoms. The van der Waals surface area contributed by atoms with E-state index < -0.39 is 0 Å². The molecule has 0 saturated carbocycles. The number of pyridine rings is 1. The Morgan fingerprint density at radius 1 is 1.23 bits per heavy atom. The first-order valence-corrected chi connectivity index (χ1v) is 9.15. The van der Waals surface area contributed by atoms with Crippen molar-refractivity contribution in [3.05, 3.63) is 28.8 Å². The van der Waals surface area contributed by atoms with E-state index in [4.69, 9.17) is 4.74 Å². The van der Waals surface area contributed by atoms with Gasteiger partial charge in [0.25, 0.3) is 0 Å². The van der Waals surface area contributed by atoms with E-state index in [1.807, 2.05) is 0 Å². The average molecular weight is 382 g/mol. The molecule has 4 rings (SSSR count). The van der Waals surface area contributed by atoms with Crippen LogP contribution >= 0.6 is 12.4 Å². The minimum Gasteiger partial charge on any atom is -0.469 e. The van der Waals surface area contributed by atoms with E-state index in [2.05, 4.69) is 15.3 Å². The molecule has 1 saturated heterocycles. The second-order valence-corrected chi connectivity index (χ2v) is 7.15. The molecule has 142 valence electrons. The third-order valence-electron chi connectivity index (χ3n) is 5.77. The molecule has 3 heterocycles. The van der Waals surface area contributed by atoms with Crippen molar-refractivity contribution in [3.8, 4) is 0 Å². The van der Waals surface area contributed by atoms with Crippen molar-refractivity contribution in [1.82, 2.24) is 15.3 Å². The van der Waals surface area contributed by atoms with E-state index in [0.29, 0.717) is 0 Å². The molecule has 1 aliphatic heterocycles. The van der Waals surface area contributed by atoms with E-state index in [1.165, 1.54) is 13.3 Å². The first-order valence-electron chi connectivity index (χ1n) is 9.15. The van der Waals surface area contributed by atoms with Gasteiger partial charge in [0.15, 0.2) is 0 Å². The summed E-state index contributed by atoms with van der Waals surface area (Å²) in [5.74, 6) is -0.191. The summed E-state index contributed by atoms with van der Waals surface area (Å²) in [6, 6.07) is 0. The lowest BCUT2D eigenvalue weighted by Crippen LogP contribution is -2.27. The van der Waals surface area contributed by atoms with Gasteiger partial charge in [-0.1, -0.05) is 0 Å². The summed E-state index contributed by atoms with van der Waals surface area (Å²) in [6.45, 7) is 1.84. The molecule has 0 aromatic carbocycles. The van der Waals surface area contributed by atoms with Gasteiger partial charge in [-0.05, 0) is 63.1 Å². The summed E-state index contributed by atoms with van der Waals surface area (Å²) in [4.78, 5) is 19.6. The third kappa shape index (κ3) is 3.32. The molecule has 26 heavy (non-hydrogen) atoms. The summed E-state index contributed by atoms with van der Waals surface area (Å²) in [6.07, 6.45) is 6.29. The summed E-state index contributed by atoms with van der Waals surface area (Å²) in [5, 5.41) is 4.31. The highest BCUT2D eigenvalue weighted by Crippen LogP contribution is 2.38. The highest BCUT2D eigenvalue weighted by atomic mass is 35.5. The van der Waals surface area contributed by atoms with E-state index in [1.54, 1.807) is 0 Å². The number of rotatable bonds is 2. The topological polar surface area (TPSA) is 67.0 Å². The number of fused-ring (bicyclic) bond motifs is 3. The second kappa shape index (κ2) is 7.92. The fourth-order valence-electron chi connectivity index (χ4n) is 4.45.